The maximum absolute atomic E-state index is 2.30. The van der Waals surface area contributed by atoms with Crippen molar-refractivity contribution in [2.75, 3.05) is 0 Å². The van der Waals surface area contributed by atoms with Crippen LogP contribution in [0.2, 0.25) is 0 Å². The molecule has 1 aromatic heterocycles. The molecule has 0 N–H and O–H groups in total. The van der Waals surface area contributed by atoms with E-state index in [1.54, 1.807) is 0 Å². The zero-order chi connectivity index (χ0) is 12.1. The molecule has 0 unspecified atom stereocenters. The van der Waals surface area contributed by atoms with Gasteiger partial charge >= 0.3 is 0 Å². The van der Waals surface area contributed by atoms with Crippen LogP contribution in [0.5, 0.6) is 0 Å². The van der Waals surface area contributed by atoms with Crippen LogP contribution in [0.1, 0.15) is 25.8 Å². The third kappa shape index (κ3) is 2.55. The lowest BCUT2D eigenvalue weighted by Crippen LogP contribution is -2.32. The van der Waals surface area contributed by atoms with Gasteiger partial charge in [0.25, 0.3) is 0 Å². The van der Waals surface area contributed by atoms with Crippen molar-refractivity contribution >= 4 is 10.9 Å². The number of nitrogens with zero attached hydrogens (tertiary/aromatic N) is 1. The standard InChI is InChI=1S/C16H20N/c1-3-5-6-9-14-12-13-17(4-2)16-11-8-7-10-15(14)16/h3,5,7-8,10-13H,4,6,9H2,1-2H3/q+1/b5-3-. The molecule has 0 amide bonds. The number of pyridine rings is 1. The minimum Gasteiger partial charge on any atom is -0.199 e. The molecule has 0 aliphatic rings. The molecule has 1 nitrogen and oxygen atoms in total. The van der Waals surface area contributed by atoms with E-state index in [1.807, 2.05) is 0 Å². The normalized spacial score (nSPS) is 11.4. The van der Waals surface area contributed by atoms with E-state index in [0.717, 1.165) is 19.4 Å². The first-order chi connectivity index (χ1) is 8.36. The van der Waals surface area contributed by atoms with Gasteiger partial charge in [-0.15, -0.1) is 0 Å². The van der Waals surface area contributed by atoms with Gasteiger partial charge in [0, 0.05) is 17.5 Å². The maximum Gasteiger partial charge on any atom is 0.212 e. The fourth-order valence-electron chi connectivity index (χ4n) is 2.24. The van der Waals surface area contributed by atoms with E-state index in [4.69, 9.17) is 0 Å². The van der Waals surface area contributed by atoms with Gasteiger partial charge in [0.05, 0.1) is 0 Å². The van der Waals surface area contributed by atoms with E-state index in [2.05, 4.69) is 67.1 Å². The molecule has 0 fully saturated rings. The van der Waals surface area contributed by atoms with Gasteiger partial charge in [-0.3, -0.25) is 0 Å². The summed E-state index contributed by atoms with van der Waals surface area (Å²) >= 11 is 0. The zero-order valence-electron chi connectivity index (χ0n) is 10.7. The minimum atomic E-state index is 1.02. The summed E-state index contributed by atoms with van der Waals surface area (Å²) in [7, 11) is 0. The topological polar surface area (TPSA) is 3.88 Å². The largest absolute Gasteiger partial charge is 0.212 e. The fourth-order valence-corrected chi connectivity index (χ4v) is 2.24. The van der Waals surface area contributed by atoms with Gasteiger partial charge in [-0.2, -0.15) is 4.57 Å². The molecule has 1 heterocycles. The Kier molecular flexibility index (Phi) is 3.92. The van der Waals surface area contributed by atoms with Crippen molar-refractivity contribution in [3.63, 3.8) is 0 Å². The lowest BCUT2D eigenvalue weighted by atomic mass is 10.0. The Hall–Kier alpha value is -1.63. The van der Waals surface area contributed by atoms with Gasteiger partial charge in [0.1, 0.15) is 6.54 Å². The second-order valence-corrected chi connectivity index (χ2v) is 4.25. The Balaban J connectivity index is 2.43. The molecule has 0 aliphatic heterocycles. The summed E-state index contributed by atoms with van der Waals surface area (Å²) in [5, 5.41) is 1.39. The number of allylic oxidation sites excluding steroid dienone is 2. The maximum atomic E-state index is 2.30. The molecule has 1 aromatic carbocycles. The average Bonchev–Trinajstić information content (AvgIpc) is 2.39. The smallest absolute Gasteiger partial charge is 0.199 e. The van der Waals surface area contributed by atoms with Gasteiger partial charge in [0.2, 0.25) is 5.52 Å². The molecule has 0 saturated carbocycles. The van der Waals surface area contributed by atoms with Gasteiger partial charge in [-0.25, -0.2) is 0 Å². The third-order valence-corrected chi connectivity index (χ3v) is 3.17. The quantitative estimate of drug-likeness (QED) is 0.553. The van der Waals surface area contributed by atoms with E-state index in [9.17, 15) is 0 Å². The second-order valence-electron chi connectivity index (χ2n) is 4.25. The van der Waals surface area contributed by atoms with Crippen molar-refractivity contribution < 1.29 is 4.57 Å². The number of benzene rings is 1. The van der Waals surface area contributed by atoms with Crippen LogP contribution in [0.25, 0.3) is 10.9 Å². The Labute approximate surface area is 103 Å². The lowest BCUT2D eigenvalue weighted by Gasteiger charge is -2.04. The van der Waals surface area contributed by atoms with E-state index >= 15 is 0 Å². The molecule has 0 bridgehead atoms. The van der Waals surface area contributed by atoms with E-state index in [-0.39, 0.29) is 0 Å². The molecule has 2 aromatic rings. The minimum absolute atomic E-state index is 1.02. The van der Waals surface area contributed by atoms with Gasteiger partial charge < -0.3 is 0 Å². The van der Waals surface area contributed by atoms with Crippen molar-refractivity contribution in [1.82, 2.24) is 0 Å². The van der Waals surface area contributed by atoms with Crippen LogP contribution in [-0.4, -0.2) is 0 Å². The van der Waals surface area contributed by atoms with E-state index < -0.39 is 0 Å². The SMILES string of the molecule is C/C=C\CCc1cc[n+](CC)c2ccccc12. The van der Waals surface area contributed by atoms with Crippen molar-refractivity contribution in [3.05, 3.63) is 54.2 Å². The van der Waals surface area contributed by atoms with Gasteiger partial charge in [-0.1, -0.05) is 24.3 Å². The van der Waals surface area contributed by atoms with Crippen molar-refractivity contribution in [3.8, 4) is 0 Å². The van der Waals surface area contributed by atoms with E-state index in [1.165, 1.54) is 16.5 Å². The second kappa shape index (κ2) is 5.62. The highest BCUT2D eigenvalue weighted by molar-refractivity contribution is 5.79. The number of fused-ring (bicyclic) bond motifs is 1. The van der Waals surface area contributed by atoms with Crippen LogP contribution in [0, 0.1) is 0 Å². The molecule has 17 heavy (non-hydrogen) atoms. The predicted molar refractivity (Wildman–Crippen MR) is 73.0 cm³/mol. The number of para-hydroxylation sites is 1. The summed E-state index contributed by atoms with van der Waals surface area (Å²) in [6.07, 6.45) is 8.80. The molecule has 88 valence electrons. The van der Waals surface area contributed by atoms with Crippen molar-refractivity contribution in [2.45, 2.75) is 33.2 Å². The molecular weight excluding hydrogens is 206 g/mol. The highest BCUT2D eigenvalue weighted by Gasteiger charge is 2.09. The lowest BCUT2D eigenvalue weighted by molar-refractivity contribution is -0.667. The fraction of sp³-hybridized carbons (Fsp3) is 0.312. The Bertz CT molecular complexity index is 526. The monoisotopic (exact) mass is 226 g/mol. The molecular formula is C16H20N+. The molecule has 0 spiro atoms. The van der Waals surface area contributed by atoms with Crippen LogP contribution < -0.4 is 4.57 Å². The average molecular weight is 226 g/mol. The molecule has 0 saturated heterocycles. The number of rotatable bonds is 4. The summed E-state index contributed by atoms with van der Waals surface area (Å²) in [5.74, 6) is 0. The Morgan fingerprint density at radius 2 is 2.00 bits per heavy atom. The molecule has 2 rings (SSSR count). The van der Waals surface area contributed by atoms with Gasteiger partial charge in [-0.05, 0) is 38.3 Å². The van der Waals surface area contributed by atoms with Crippen LogP contribution in [-0.2, 0) is 13.0 Å². The number of aromatic nitrogens is 1. The number of hydrogen-bond donors (Lipinski definition) is 0. The summed E-state index contributed by atoms with van der Waals surface area (Å²) in [6.45, 7) is 5.29. The Morgan fingerprint density at radius 3 is 2.76 bits per heavy atom. The van der Waals surface area contributed by atoms with Crippen LogP contribution >= 0.6 is 0 Å². The zero-order valence-corrected chi connectivity index (χ0v) is 10.7. The summed E-state index contributed by atoms with van der Waals surface area (Å²) in [5.41, 5.74) is 2.79. The van der Waals surface area contributed by atoms with Crippen molar-refractivity contribution in [2.24, 2.45) is 0 Å². The highest BCUT2D eigenvalue weighted by Crippen LogP contribution is 2.16. The number of hydrogen-bond acceptors (Lipinski definition) is 0. The molecule has 0 radical (unpaired) electrons. The van der Waals surface area contributed by atoms with E-state index in [0.29, 0.717) is 0 Å². The van der Waals surface area contributed by atoms with Crippen LogP contribution in [0.4, 0.5) is 0 Å². The first-order valence-electron chi connectivity index (χ1n) is 6.38. The van der Waals surface area contributed by atoms with Gasteiger partial charge in [0.15, 0.2) is 6.20 Å². The summed E-state index contributed by atoms with van der Waals surface area (Å²) in [6, 6.07) is 10.9. The Morgan fingerprint density at radius 1 is 1.18 bits per heavy atom. The highest BCUT2D eigenvalue weighted by atomic mass is 14.9. The number of aryl methyl sites for hydroxylation is 2. The first kappa shape index (κ1) is 11.8. The molecule has 0 atom stereocenters. The predicted octanol–water partition coefficient (Wildman–Crippen LogP) is 3.66. The third-order valence-electron chi connectivity index (χ3n) is 3.17. The van der Waals surface area contributed by atoms with Crippen molar-refractivity contribution in [1.29, 1.82) is 0 Å². The molecule has 0 aliphatic carbocycles. The first-order valence-corrected chi connectivity index (χ1v) is 6.38. The van der Waals surface area contributed by atoms with Crippen LogP contribution in [0.15, 0.2) is 48.7 Å². The molecule has 1 heteroatoms. The van der Waals surface area contributed by atoms with Crippen LogP contribution in [0.3, 0.4) is 0 Å². The summed E-state index contributed by atoms with van der Waals surface area (Å²) in [4.78, 5) is 0. The summed E-state index contributed by atoms with van der Waals surface area (Å²) < 4.78 is 2.30.